The van der Waals surface area contributed by atoms with Crippen molar-refractivity contribution >= 4 is 5.91 Å². The first-order chi connectivity index (χ1) is 10.6. The molecule has 1 amide bonds. The molecule has 8 heteroatoms. The number of aromatic nitrogens is 3. The Morgan fingerprint density at radius 1 is 1.09 bits per heavy atom. The van der Waals surface area contributed by atoms with Gasteiger partial charge in [0.15, 0.2) is 11.6 Å². The molecule has 1 aromatic carbocycles. The first kappa shape index (κ1) is 14.6. The van der Waals surface area contributed by atoms with Crippen molar-refractivity contribution in [2.45, 2.75) is 18.9 Å². The smallest absolute Gasteiger partial charge is 0.256 e. The van der Waals surface area contributed by atoms with Crippen LogP contribution < -0.4 is 0 Å². The van der Waals surface area contributed by atoms with Crippen LogP contribution >= 0.6 is 0 Å². The summed E-state index contributed by atoms with van der Waals surface area (Å²) in [6, 6.07) is 1.13. The Kier molecular flexibility index (Phi) is 3.82. The van der Waals surface area contributed by atoms with Crippen LogP contribution in [0.2, 0.25) is 0 Å². The number of carbonyl (C=O) groups excluding carboxylic acids is 1. The van der Waals surface area contributed by atoms with Gasteiger partial charge in [0, 0.05) is 25.4 Å². The van der Waals surface area contributed by atoms with Gasteiger partial charge in [0.05, 0.1) is 17.8 Å². The number of piperidine rings is 1. The van der Waals surface area contributed by atoms with E-state index in [0.29, 0.717) is 38.1 Å². The van der Waals surface area contributed by atoms with E-state index in [4.69, 9.17) is 0 Å². The molecule has 1 aliphatic rings. The maximum absolute atomic E-state index is 13.7. The molecule has 1 aliphatic heterocycles. The molecular weight excluding hydrogens is 297 g/mol. The van der Waals surface area contributed by atoms with E-state index >= 15 is 0 Å². The van der Waals surface area contributed by atoms with Crippen LogP contribution in [0.15, 0.2) is 24.5 Å². The number of carbonyl (C=O) groups is 1. The molecule has 1 aromatic heterocycles. The van der Waals surface area contributed by atoms with E-state index in [1.807, 2.05) is 0 Å². The monoisotopic (exact) mass is 310 g/mol. The quantitative estimate of drug-likeness (QED) is 0.799. The lowest BCUT2D eigenvalue weighted by molar-refractivity contribution is 0.0683. The van der Waals surface area contributed by atoms with Gasteiger partial charge in [-0.1, -0.05) is 5.21 Å². The topological polar surface area (TPSA) is 51.0 Å². The molecule has 3 rings (SSSR count). The van der Waals surface area contributed by atoms with Gasteiger partial charge in [0.25, 0.3) is 5.91 Å². The molecule has 1 fully saturated rings. The van der Waals surface area contributed by atoms with Crippen LogP contribution in [0.3, 0.4) is 0 Å². The number of benzene rings is 1. The van der Waals surface area contributed by atoms with Crippen molar-refractivity contribution in [2.75, 3.05) is 13.1 Å². The zero-order valence-electron chi connectivity index (χ0n) is 11.5. The van der Waals surface area contributed by atoms with Gasteiger partial charge in [0.2, 0.25) is 0 Å². The second-order valence-corrected chi connectivity index (χ2v) is 5.15. The number of hydrogen-bond acceptors (Lipinski definition) is 3. The standard InChI is InChI=1S/C14H13F3N4O/c15-11-8-13(17)12(16)7-10(11)14(22)20-4-1-9(2-5-20)21-6-3-18-19-21/h3,6-9H,1-2,4-5H2. The second kappa shape index (κ2) is 5.78. The summed E-state index contributed by atoms with van der Waals surface area (Å²) in [5, 5.41) is 7.65. The average molecular weight is 310 g/mol. The zero-order valence-corrected chi connectivity index (χ0v) is 11.5. The molecule has 0 saturated carbocycles. The lowest BCUT2D eigenvalue weighted by Crippen LogP contribution is -2.39. The van der Waals surface area contributed by atoms with Gasteiger partial charge in [-0.2, -0.15) is 0 Å². The summed E-state index contributed by atoms with van der Waals surface area (Å²) in [5.41, 5.74) is -0.446. The van der Waals surface area contributed by atoms with Crippen LogP contribution in [-0.2, 0) is 0 Å². The maximum atomic E-state index is 13.7. The van der Waals surface area contributed by atoms with Crippen LogP contribution in [0, 0.1) is 17.5 Å². The Morgan fingerprint density at radius 3 is 2.41 bits per heavy atom. The minimum Gasteiger partial charge on any atom is -0.338 e. The molecule has 0 unspecified atom stereocenters. The SMILES string of the molecule is O=C(c1cc(F)c(F)cc1F)N1CCC(n2ccnn2)CC1. The highest BCUT2D eigenvalue weighted by atomic mass is 19.2. The Balaban J connectivity index is 1.71. The highest BCUT2D eigenvalue weighted by molar-refractivity contribution is 5.94. The molecule has 22 heavy (non-hydrogen) atoms. The first-order valence-electron chi connectivity index (χ1n) is 6.86. The van der Waals surface area contributed by atoms with Crippen molar-refractivity contribution in [3.8, 4) is 0 Å². The molecule has 0 atom stereocenters. The van der Waals surface area contributed by atoms with E-state index in [0.717, 1.165) is 0 Å². The molecule has 116 valence electrons. The predicted octanol–water partition coefficient (Wildman–Crippen LogP) is 2.17. The van der Waals surface area contributed by atoms with Crippen molar-refractivity contribution in [1.82, 2.24) is 19.9 Å². The highest BCUT2D eigenvalue weighted by Crippen LogP contribution is 2.23. The predicted molar refractivity (Wildman–Crippen MR) is 70.5 cm³/mol. The van der Waals surface area contributed by atoms with Crippen molar-refractivity contribution < 1.29 is 18.0 Å². The minimum absolute atomic E-state index is 0.126. The largest absolute Gasteiger partial charge is 0.338 e. The molecule has 5 nitrogen and oxygen atoms in total. The molecule has 2 heterocycles. The fourth-order valence-electron chi connectivity index (χ4n) is 2.60. The van der Waals surface area contributed by atoms with Gasteiger partial charge in [-0.15, -0.1) is 5.10 Å². The Labute approximate surface area is 124 Å². The summed E-state index contributed by atoms with van der Waals surface area (Å²) >= 11 is 0. The highest BCUT2D eigenvalue weighted by Gasteiger charge is 2.27. The van der Waals surface area contributed by atoms with Crippen molar-refractivity contribution in [3.63, 3.8) is 0 Å². The number of hydrogen-bond donors (Lipinski definition) is 0. The van der Waals surface area contributed by atoms with Crippen molar-refractivity contribution in [1.29, 1.82) is 0 Å². The van der Waals surface area contributed by atoms with Gasteiger partial charge in [0.1, 0.15) is 5.82 Å². The summed E-state index contributed by atoms with van der Waals surface area (Å²) in [6.45, 7) is 0.781. The normalized spacial score (nSPS) is 16.0. The Bertz CT molecular complexity index is 682. The molecule has 0 aliphatic carbocycles. The maximum Gasteiger partial charge on any atom is 0.256 e. The molecule has 2 aromatic rings. The van der Waals surface area contributed by atoms with Crippen LogP contribution in [0.1, 0.15) is 29.2 Å². The van der Waals surface area contributed by atoms with E-state index in [9.17, 15) is 18.0 Å². The fourth-order valence-corrected chi connectivity index (χ4v) is 2.60. The molecule has 0 spiro atoms. The minimum atomic E-state index is -1.31. The number of amides is 1. The van der Waals surface area contributed by atoms with Crippen LogP contribution in [0.25, 0.3) is 0 Å². The molecule has 0 bridgehead atoms. The van der Waals surface area contributed by atoms with Gasteiger partial charge >= 0.3 is 0 Å². The van der Waals surface area contributed by atoms with E-state index < -0.39 is 28.9 Å². The fraction of sp³-hybridized carbons (Fsp3) is 0.357. The number of rotatable bonds is 2. The van der Waals surface area contributed by atoms with Gasteiger partial charge in [-0.25, -0.2) is 17.9 Å². The number of halogens is 3. The van der Waals surface area contributed by atoms with Gasteiger partial charge in [-0.3, -0.25) is 4.79 Å². The summed E-state index contributed by atoms with van der Waals surface area (Å²) in [4.78, 5) is 13.7. The van der Waals surface area contributed by atoms with Crippen LogP contribution in [0.5, 0.6) is 0 Å². The summed E-state index contributed by atoms with van der Waals surface area (Å²) in [5.74, 6) is -4.23. The molecule has 1 saturated heterocycles. The second-order valence-electron chi connectivity index (χ2n) is 5.15. The van der Waals surface area contributed by atoms with Crippen molar-refractivity contribution in [3.05, 3.63) is 47.5 Å². The average Bonchev–Trinajstić information content (AvgIpc) is 3.05. The lowest BCUT2D eigenvalue weighted by atomic mass is 10.0. The third-order valence-corrected chi connectivity index (χ3v) is 3.81. The lowest BCUT2D eigenvalue weighted by Gasteiger charge is -2.32. The summed E-state index contributed by atoms with van der Waals surface area (Å²) in [6.07, 6.45) is 4.60. The van der Waals surface area contributed by atoms with E-state index in [2.05, 4.69) is 10.3 Å². The third kappa shape index (κ3) is 2.68. The number of nitrogens with zero attached hydrogens (tertiary/aromatic N) is 4. The summed E-state index contributed by atoms with van der Waals surface area (Å²) in [7, 11) is 0. The third-order valence-electron chi connectivity index (χ3n) is 3.81. The van der Waals surface area contributed by atoms with Gasteiger partial charge < -0.3 is 4.90 Å². The Morgan fingerprint density at radius 2 is 1.77 bits per heavy atom. The molecular formula is C14H13F3N4O. The first-order valence-corrected chi connectivity index (χ1v) is 6.86. The van der Waals surface area contributed by atoms with E-state index in [-0.39, 0.29) is 6.04 Å². The van der Waals surface area contributed by atoms with Crippen molar-refractivity contribution in [2.24, 2.45) is 0 Å². The molecule has 0 N–H and O–H groups in total. The van der Waals surface area contributed by atoms with Crippen LogP contribution in [0.4, 0.5) is 13.2 Å². The van der Waals surface area contributed by atoms with E-state index in [1.165, 1.54) is 4.90 Å². The zero-order chi connectivity index (χ0) is 15.7. The summed E-state index contributed by atoms with van der Waals surface area (Å²) < 4.78 is 41.5. The van der Waals surface area contributed by atoms with E-state index in [1.54, 1.807) is 17.1 Å². The van der Waals surface area contributed by atoms with Crippen LogP contribution in [-0.4, -0.2) is 38.9 Å². The number of likely N-dealkylation sites (tertiary alicyclic amines) is 1. The Hall–Kier alpha value is -2.38. The van der Waals surface area contributed by atoms with Gasteiger partial charge in [-0.05, 0) is 18.9 Å². The molecule has 0 radical (unpaired) electrons.